The van der Waals surface area contributed by atoms with Gasteiger partial charge in [-0.3, -0.25) is 0 Å². The molecule has 1 aliphatic rings. The molecule has 0 radical (unpaired) electrons. The molecule has 1 heteroatoms. The molecule has 0 aromatic heterocycles. The van der Waals surface area contributed by atoms with Gasteiger partial charge in [0.1, 0.15) is 0 Å². The summed E-state index contributed by atoms with van der Waals surface area (Å²) >= 11 is 0. The molecular formula is C13H18O. The van der Waals surface area contributed by atoms with Crippen LogP contribution in [0, 0.1) is 6.92 Å². The first-order chi connectivity index (χ1) is 6.83. The third-order valence-corrected chi connectivity index (χ3v) is 3.30. The highest BCUT2D eigenvalue weighted by atomic mass is 16.3. The maximum atomic E-state index is 9.03. The molecule has 0 aliphatic heterocycles. The average molecular weight is 190 g/mol. The van der Waals surface area contributed by atoms with Gasteiger partial charge in [0.05, 0.1) is 0 Å². The van der Waals surface area contributed by atoms with Gasteiger partial charge in [0.15, 0.2) is 0 Å². The van der Waals surface area contributed by atoms with Gasteiger partial charge in [0.2, 0.25) is 0 Å². The molecule has 0 bridgehead atoms. The summed E-state index contributed by atoms with van der Waals surface area (Å²) in [5, 5.41) is 9.03. The van der Waals surface area contributed by atoms with Gasteiger partial charge in [-0.1, -0.05) is 18.2 Å². The molecule has 1 unspecified atom stereocenters. The van der Waals surface area contributed by atoms with Crippen LogP contribution in [0.2, 0.25) is 0 Å². The Balaban J connectivity index is 2.36. The van der Waals surface area contributed by atoms with Gasteiger partial charge in [0.25, 0.3) is 0 Å². The van der Waals surface area contributed by atoms with Crippen LogP contribution in [-0.4, -0.2) is 11.7 Å². The van der Waals surface area contributed by atoms with E-state index in [1.807, 2.05) is 0 Å². The first kappa shape index (κ1) is 9.72. The first-order valence-electron chi connectivity index (χ1n) is 5.52. The quantitative estimate of drug-likeness (QED) is 0.760. The smallest absolute Gasteiger partial charge is 0.0436 e. The number of aliphatic hydroxyl groups excluding tert-OH is 1. The number of rotatable bonds is 2. The van der Waals surface area contributed by atoms with Crippen LogP contribution in [0.5, 0.6) is 0 Å². The molecule has 0 fully saturated rings. The summed E-state index contributed by atoms with van der Waals surface area (Å²) in [6.07, 6.45) is 4.68. The van der Waals surface area contributed by atoms with E-state index in [0.29, 0.717) is 12.5 Å². The zero-order chi connectivity index (χ0) is 9.97. The first-order valence-corrected chi connectivity index (χ1v) is 5.52. The van der Waals surface area contributed by atoms with E-state index in [1.54, 1.807) is 0 Å². The van der Waals surface area contributed by atoms with Crippen LogP contribution in [0.25, 0.3) is 0 Å². The largest absolute Gasteiger partial charge is 0.396 e. The monoisotopic (exact) mass is 190 g/mol. The minimum atomic E-state index is 0.318. The fourth-order valence-electron chi connectivity index (χ4n) is 2.67. The molecule has 14 heavy (non-hydrogen) atoms. The molecule has 76 valence electrons. The van der Waals surface area contributed by atoms with Crippen molar-refractivity contribution in [1.82, 2.24) is 0 Å². The van der Waals surface area contributed by atoms with E-state index in [4.69, 9.17) is 5.11 Å². The van der Waals surface area contributed by atoms with Crippen molar-refractivity contribution in [3.8, 4) is 0 Å². The van der Waals surface area contributed by atoms with Gasteiger partial charge in [-0.15, -0.1) is 0 Å². The van der Waals surface area contributed by atoms with Gasteiger partial charge in [-0.2, -0.15) is 0 Å². The third kappa shape index (κ3) is 1.69. The second kappa shape index (κ2) is 4.14. The molecule has 2 rings (SSSR count). The van der Waals surface area contributed by atoms with E-state index in [0.717, 1.165) is 6.42 Å². The average Bonchev–Trinajstić information content (AvgIpc) is 2.19. The van der Waals surface area contributed by atoms with E-state index in [9.17, 15) is 0 Å². The third-order valence-electron chi connectivity index (χ3n) is 3.30. The summed E-state index contributed by atoms with van der Waals surface area (Å²) < 4.78 is 0. The Kier molecular flexibility index (Phi) is 2.87. The second-order valence-corrected chi connectivity index (χ2v) is 4.25. The fraction of sp³-hybridized carbons (Fsp3) is 0.538. The molecule has 1 aromatic carbocycles. The van der Waals surface area contributed by atoms with E-state index < -0.39 is 0 Å². The molecule has 1 aromatic rings. The Labute approximate surface area is 85.8 Å². The standard InChI is InChI=1S/C13H18O/c1-10-4-2-5-11-6-3-7-12(8-9-14)13(10)11/h2,4-5,12,14H,3,6-9H2,1H3. The predicted molar refractivity (Wildman–Crippen MR) is 58.6 cm³/mol. The van der Waals surface area contributed by atoms with Crippen LogP contribution in [0.4, 0.5) is 0 Å². The molecule has 0 amide bonds. The van der Waals surface area contributed by atoms with Crippen molar-refractivity contribution in [3.63, 3.8) is 0 Å². The lowest BCUT2D eigenvalue weighted by molar-refractivity contribution is 0.269. The van der Waals surface area contributed by atoms with Crippen molar-refractivity contribution < 1.29 is 5.11 Å². The van der Waals surface area contributed by atoms with Crippen LogP contribution in [0.3, 0.4) is 0 Å². The summed E-state index contributed by atoms with van der Waals surface area (Å²) in [5.41, 5.74) is 4.43. The van der Waals surface area contributed by atoms with E-state index in [-0.39, 0.29) is 0 Å². The molecule has 0 spiro atoms. The van der Waals surface area contributed by atoms with Crippen LogP contribution >= 0.6 is 0 Å². The lowest BCUT2D eigenvalue weighted by atomic mass is 9.79. The summed E-state index contributed by atoms with van der Waals surface area (Å²) in [5.74, 6) is 0.602. The number of aryl methyl sites for hydroxylation is 2. The van der Waals surface area contributed by atoms with Gasteiger partial charge in [0, 0.05) is 6.61 Å². The Hall–Kier alpha value is -0.820. The van der Waals surface area contributed by atoms with Crippen molar-refractivity contribution in [2.45, 2.75) is 38.5 Å². The summed E-state index contributed by atoms with van der Waals surface area (Å²) in [6, 6.07) is 6.58. The molecule has 0 heterocycles. The van der Waals surface area contributed by atoms with Gasteiger partial charge in [-0.05, 0) is 55.2 Å². The van der Waals surface area contributed by atoms with E-state index >= 15 is 0 Å². The highest BCUT2D eigenvalue weighted by Crippen LogP contribution is 2.35. The number of hydrogen-bond acceptors (Lipinski definition) is 1. The molecule has 0 saturated carbocycles. The van der Waals surface area contributed by atoms with E-state index in [1.165, 1.54) is 36.0 Å². The van der Waals surface area contributed by atoms with Crippen LogP contribution in [-0.2, 0) is 6.42 Å². The Morgan fingerprint density at radius 3 is 3.07 bits per heavy atom. The Morgan fingerprint density at radius 2 is 2.29 bits per heavy atom. The maximum Gasteiger partial charge on any atom is 0.0436 e. The Bertz CT molecular complexity index is 317. The van der Waals surface area contributed by atoms with Crippen molar-refractivity contribution in [2.24, 2.45) is 0 Å². The summed E-state index contributed by atoms with van der Waals surface area (Å²) in [4.78, 5) is 0. The number of hydrogen-bond donors (Lipinski definition) is 1. The SMILES string of the molecule is Cc1cccc2c1C(CCO)CCC2. The van der Waals surface area contributed by atoms with Crippen LogP contribution < -0.4 is 0 Å². The van der Waals surface area contributed by atoms with Crippen molar-refractivity contribution in [3.05, 3.63) is 34.9 Å². The maximum absolute atomic E-state index is 9.03. The second-order valence-electron chi connectivity index (χ2n) is 4.25. The minimum Gasteiger partial charge on any atom is -0.396 e. The zero-order valence-electron chi connectivity index (χ0n) is 8.79. The molecule has 1 atom stereocenters. The van der Waals surface area contributed by atoms with Crippen LogP contribution in [0.15, 0.2) is 18.2 Å². The van der Waals surface area contributed by atoms with Gasteiger partial charge >= 0.3 is 0 Å². The normalized spacial score (nSPS) is 20.6. The van der Waals surface area contributed by atoms with Crippen LogP contribution in [0.1, 0.15) is 41.9 Å². The molecule has 1 N–H and O–H groups in total. The predicted octanol–water partition coefficient (Wildman–Crippen LogP) is 2.80. The van der Waals surface area contributed by atoms with Crippen molar-refractivity contribution in [2.75, 3.05) is 6.61 Å². The van der Waals surface area contributed by atoms with E-state index in [2.05, 4.69) is 25.1 Å². The molecule has 1 aliphatic carbocycles. The minimum absolute atomic E-state index is 0.318. The molecular weight excluding hydrogens is 172 g/mol. The molecule has 0 saturated heterocycles. The zero-order valence-corrected chi connectivity index (χ0v) is 8.79. The topological polar surface area (TPSA) is 20.2 Å². The lowest BCUT2D eigenvalue weighted by Crippen LogP contribution is -2.12. The molecule has 1 nitrogen and oxygen atoms in total. The summed E-state index contributed by atoms with van der Waals surface area (Å²) in [6.45, 7) is 2.51. The van der Waals surface area contributed by atoms with Gasteiger partial charge < -0.3 is 5.11 Å². The Morgan fingerprint density at radius 1 is 1.43 bits per heavy atom. The number of fused-ring (bicyclic) bond motifs is 1. The fourth-order valence-corrected chi connectivity index (χ4v) is 2.67. The number of aliphatic hydroxyl groups is 1. The highest BCUT2D eigenvalue weighted by Gasteiger charge is 2.20. The number of benzene rings is 1. The van der Waals surface area contributed by atoms with Crippen molar-refractivity contribution >= 4 is 0 Å². The van der Waals surface area contributed by atoms with Gasteiger partial charge in [-0.25, -0.2) is 0 Å². The van der Waals surface area contributed by atoms with Crippen molar-refractivity contribution in [1.29, 1.82) is 0 Å². The summed E-state index contributed by atoms with van der Waals surface area (Å²) in [7, 11) is 0. The lowest BCUT2D eigenvalue weighted by Gasteiger charge is -2.26. The highest BCUT2D eigenvalue weighted by molar-refractivity contribution is 5.39.